The molecule has 0 aliphatic rings. The Labute approximate surface area is 256 Å². The quantitative estimate of drug-likeness (QED) is 0.147. The van der Waals surface area contributed by atoms with Crippen molar-refractivity contribution < 1.29 is 19.1 Å². The van der Waals surface area contributed by atoms with Crippen molar-refractivity contribution in [1.82, 2.24) is 20.1 Å². The van der Waals surface area contributed by atoms with Gasteiger partial charge in [0.1, 0.15) is 0 Å². The molecule has 9 nitrogen and oxygen atoms in total. The molecule has 0 bridgehead atoms. The molecule has 40 heavy (non-hydrogen) atoms. The van der Waals surface area contributed by atoms with Crippen molar-refractivity contribution in [1.29, 1.82) is 0 Å². The van der Waals surface area contributed by atoms with Gasteiger partial charge in [-0.2, -0.15) is 0 Å². The molecule has 2 amide bonds. The third-order valence-corrected chi connectivity index (χ3v) is 7.66. The summed E-state index contributed by atoms with van der Waals surface area (Å²) in [6, 6.07) is 19.0. The van der Waals surface area contributed by atoms with Crippen LogP contribution in [-0.4, -0.2) is 44.9 Å². The summed E-state index contributed by atoms with van der Waals surface area (Å²) in [6.07, 6.45) is 0. The first-order valence-electron chi connectivity index (χ1n) is 11.9. The third-order valence-electron chi connectivity index (χ3n) is 5.38. The van der Waals surface area contributed by atoms with Crippen LogP contribution in [0.1, 0.15) is 33.5 Å². The Hall–Kier alpha value is -3.19. The van der Waals surface area contributed by atoms with Gasteiger partial charge in [-0.3, -0.25) is 14.2 Å². The molecule has 0 fully saturated rings. The third kappa shape index (κ3) is 7.72. The number of nitrogens with zero attached hydrogens (tertiary/aromatic N) is 3. The summed E-state index contributed by atoms with van der Waals surface area (Å²) >= 11 is 14.2. The molecule has 0 aliphatic heterocycles. The Balaban J connectivity index is 1.46. The van der Waals surface area contributed by atoms with E-state index < -0.39 is 5.97 Å². The Morgan fingerprint density at radius 2 is 1.68 bits per heavy atom. The molecule has 0 aliphatic carbocycles. The van der Waals surface area contributed by atoms with Gasteiger partial charge in [-0.15, -0.1) is 10.2 Å². The standard InChI is InChI=1S/C27H22Br2ClN5O4S/c1-2-39-26(38)16-3-8-19(9-4-16)32-24(36)15-40-27-34-33-23(35(27)20-10-5-17(28)6-11-20)14-31-25(37)21-13-18(29)7-12-22(21)30/h3-13H,2,14-15H2,1H3,(H,31,37)(H,32,36). The van der Waals surface area contributed by atoms with E-state index in [1.165, 1.54) is 11.8 Å². The number of carbonyl (C=O) groups excluding carboxylic acids is 3. The highest BCUT2D eigenvalue weighted by molar-refractivity contribution is 9.10. The zero-order valence-electron chi connectivity index (χ0n) is 21.0. The number of benzene rings is 3. The summed E-state index contributed by atoms with van der Waals surface area (Å²) in [5.74, 6) is -0.527. The Kier molecular flexibility index (Phi) is 10.4. The highest BCUT2D eigenvalue weighted by Crippen LogP contribution is 2.25. The van der Waals surface area contributed by atoms with Crippen molar-refractivity contribution in [2.24, 2.45) is 0 Å². The fourth-order valence-electron chi connectivity index (χ4n) is 3.52. The highest BCUT2D eigenvalue weighted by Gasteiger charge is 2.18. The first-order valence-corrected chi connectivity index (χ1v) is 14.8. The lowest BCUT2D eigenvalue weighted by Gasteiger charge is -2.12. The lowest BCUT2D eigenvalue weighted by Crippen LogP contribution is -2.25. The minimum atomic E-state index is -0.421. The zero-order valence-corrected chi connectivity index (χ0v) is 25.7. The van der Waals surface area contributed by atoms with Crippen LogP contribution >= 0.6 is 55.2 Å². The molecule has 206 valence electrons. The van der Waals surface area contributed by atoms with Crippen molar-refractivity contribution in [2.45, 2.75) is 18.6 Å². The molecule has 0 spiro atoms. The SMILES string of the molecule is CCOC(=O)c1ccc(NC(=O)CSc2nnc(CNC(=O)c3cc(Br)ccc3Cl)n2-c2ccc(Br)cc2)cc1. The summed E-state index contributed by atoms with van der Waals surface area (Å²) in [6.45, 7) is 2.10. The molecular weight excluding hydrogens is 686 g/mol. The average Bonchev–Trinajstić information content (AvgIpc) is 3.35. The number of amides is 2. The van der Waals surface area contributed by atoms with E-state index in [0.29, 0.717) is 32.8 Å². The van der Waals surface area contributed by atoms with Crippen LogP contribution in [0.25, 0.3) is 5.69 Å². The number of hydrogen-bond donors (Lipinski definition) is 2. The fraction of sp³-hybridized carbons (Fsp3) is 0.148. The molecule has 1 aromatic heterocycles. The predicted molar refractivity (Wildman–Crippen MR) is 161 cm³/mol. The number of carbonyl (C=O) groups is 3. The summed E-state index contributed by atoms with van der Waals surface area (Å²) in [5.41, 5.74) is 2.03. The van der Waals surface area contributed by atoms with E-state index in [9.17, 15) is 14.4 Å². The lowest BCUT2D eigenvalue weighted by molar-refractivity contribution is -0.113. The summed E-state index contributed by atoms with van der Waals surface area (Å²) in [4.78, 5) is 37.3. The second kappa shape index (κ2) is 13.9. The zero-order chi connectivity index (χ0) is 28.6. The maximum absolute atomic E-state index is 12.8. The number of esters is 1. The largest absolute Gasteiger partial charge is 0.462 e. The molecule has 1 heterocycles. The van der Waals surface area contributed by atoms with E-state index in [0.717, 1.165) is 14.6 Å². The van der Waals surface area contributed by atoms with Crippen LogP contribution in [0.15, 0.2) is 80.8 Å². The van der Waals surface area contributed by atoms with Crippen LogP contribution in [-0.2, 0) is 16.1 Å². The van der Waals surface area contributed by atoms with Crippen LogP contribution in [0.4, 0.5) is 5.69 Å². The van der Waals surface area contributed by atoms with Gasteiger partial charge in [0.05, 0.1) is 35.1 Å². The topological polar surface area (TPSA) is 115 Å². The van der Waals surface area contributed by atoms with Crippen molar-refractivity contribution in [3.8, 4) is 5.69 Å². The molecular formula is C27H22Br2ClN5O4S. The summed E-state index contributed by atoms with van der Waals surface area (Å²) < 4.78 is 8.38. The first kappa shape index (κ1) is 29.8. The number of thioether (sulfide) groups is 1. The highest BCUT2D eigenvalue weighted by atomic mass is 79.9. The molecule has 0 saturated heterocycles. The minimum Gasteiger partial charge on any atom is -0.462 e. The molecule has 4 aromatic rings. The van der Waals surface area contributed by atoms with Gasteiger partial charge in [-0.1, -0.05) is 55.2 Å². The van der Waals surface area contributed by atoms with E-state index in [2.05, 4.69) is 52.7 Å². The van der Waals surface area contributed by atoms with Crippen LogP contribution < -0.4 is 10.6 Å². The van der Waals surface area contributed by atoms with Gasteiger partial charge in [0.15, 0.2) is 11.0 Å². The number of halogens is 3. The van der Waals surface area contributed by atoms with Gasteiger partial charge in [-0.05, 0) is 73.7 Å². The second-order valence-electron chi connectivity index (χ2n) is 8.15. The fourth-order valence-corrected chi connectivity index (χ4v) is 5.11. The monoisotopic (exact) mass is 705 g/mol. The Morgan fingerprint density at radius 1 is 0.975 bits per heavy atom. The number of nitrogens with one attached hydrogen (secondary N) is 2. The van der Waals surface area contributed by atoms with Crippen molar-refractivity contribution in [3.05, 3.63) is 97.6 Å². The van der Waals surface area contributed by atoms with Gasteiger partial charge in [0.25, 0.3) is 5.91 Å². The van der Waals surface area contributed by atoms with Crippen molar-refractivity contribution in [2.75, 3.05) is 17.7 Å². The van der Waals surface area contributed by atoms with E-state index in [4.69, 9.17) is 16.3 Å². The van der Waals surface area contributed by atoms with Gasteiger partial charge in [0.2, 0.25) is 5.91 Å². The average molecular weight is 708 g/mol. The number of hydrogen-bond acceptors (Lipinski definition) is 7. The van der Waals surface area contributed by atoms with E-state index in [-0.39, 0.29) is 30.7 Å². The maximum Gasteiger partial charge on any atom is 0.338 e. The molecule has 13 heteroatoms. The molecule has 0 unspecified atom stereocenters. The van der Waals surface area contributed by atoms with E-state index in [1.54, 1.807) is 54.0 Å². The van der Waals surface area contributed by atoms with Crippen LogP contribution in [0.5, 0.6) is 0 Å². The molecule has 3 aromatic carbocycles. The van der Waals surface area contributed by atoms with Crippen molar-refractivity contribution >= 4 is 78.7 Å². The van der Waals surface area contributed by atoms with Gasteiger partial charge < -0.3 is 15.4 Å². The molecule has 0 atom stereocenters. The number of anilines is 1. The number of aromatic nitrogens is 3. The smallest absolute Gasteiger partial charge is 0.338 e. The normalized spacial score (nSPS) is 10.7. The first-order chi connectivity index (χ1) is 19.2. The molecule has 4 rings (SSSR count). The van der Waals surface area contributed by atoms with E-state index >= 15 is 0 Å². The molecule has 2 N–H and O–H groups in total. The second-order valence-corrected chi connectivity index (χ2v) is 11.3. The van der Waals surface area contributed by atoms with Crippen molar-refractivity contribution in [3.63, 3.8) is 0 Å². The van der Waals surface area contributed by atoms with Crippen LogP contribution in [0, 0.1) is 0 Å². The number of rotatable bonds is 10. The van der Waals surface area contributed by atoms with Crippen LogP contribution in [0.3, 0.4) is 0 Å². The van der Waals surface area contributed by atoms with E-state index in [1.807, 2.05) is 24.3 Å². The minimum absolute atomic E-state index is 0.0499. The van der Waals surface area contributed by atoms with Crippen LogP contribution in [0.2, 0.25) is 5.02 Å². The predicted octanol–water partition coefficient (Wildman–Crippen LogP) is 6.28. The summed E-state index contributed by atoms with van der Waals surface area (Å²) in [7, 11) is 0. The Morgan fingerprint density at radius 3 is 2.38 bits per heavy atom. The molecule has 0 saturated carbocycles. The lowest BCUT2D eigenvalue weighted by atomic mass is 10.2. The molecule has 0 radical (unpaired) electrons. The van der Waals surface area contributed by atoms with Gasteiger partial charge >= 0.3 is 5.97 Å². The van der Waals surface area contributed by atoms with Gasteiger partial charge in [0, 0.05) is 20.3 Å². The summed E-state index contributed by atoms with van der Waals surface area (Å²) in [5, 5.41) is 15.0. The maximum atomic E-state index is 12.8. The Bertz CT molecular complexity index is 1530. The van der Waals surface area contributed by atoms with Gasteiger partial charge in [-0.25, -0.2) is 4.79 Å². The number of ether oxygens (including phenoxy) is 1.